The van der Waals surface area contributed by atoms with Gasteiger partial charge >= 0.3 is 0 Å². The van der Waals surface area contributed by atoms with Gasteiger partial charge in [0.25, 0.3) is 0 Å². The summed E-state index contributed by atoms with van der Waals surface area (Å²) in [4.78, 5) is 0. The van der Waals surface area contributed by atoms with Crippen molar-refractivity contribution in [2.75, 3.05) is 19.8 Å². The van der Waals surface area contributed by atoms with Gasteiger partial charge in [-0.05, 0) is 32.6 Å². The van der Waals surface area contributed by atoms with Crippen LogP contribution in [0.15, 0.2) is 0 Å². The summed E-state index contributed by atoms with van der Waals surface area (Å²) in [6, 6.07) is 0. The molecule has 2 atom stereocenters. The minimum Gasteiger partial charge on any atom is -0.388 e. The Morgan fingerprint density at radius 2 is 2.29 bits per heavy atom. The van der Waals surface area contributed by atoms with Crippen LogP contribution in [0.4, 0.5) is 0 Å². The van der Waals surface area contributed by atoms with Gasteiger partial charge in [-0.15, -0.1) is 0 Å². The van der Waals surface area contributed by atoms with Gasteiger partial charge in [-0.1, -0.05) is 6.92 Å². The first-order valence-electron chi connectivity index (χ1n) is 5.59. The zero-order valence-corrected chi connectivity index (χ0v) is 9.29. The Hall–Kier alpha value is -0.120. The van der Waals surface area contributed by atoms with Gasteiger partial charge in [-0.25, -0.2) is 0 Å². The molecule has 1 rings (SSSR count). The normalized spacial score (nSPS) is 30.2. The average molecular weight is 202 g/mol. The third kappa shape index (κ3) is 3.23. The molecule has 3 nitrogen and oxygen atoms in total. The molecule has 0 aromatic heterocycles. The molecule has 1 fully saturated rings. The molecule has 0 radical (unpaired) electrons. The summed E-state index contributed by atoms with van der Waals surface area (Å²) in [7, 11) is 0. The highest BCUT2D eigenvalue weighted by molar-refractivity contribution is 4.86. The molecule has 0 aliphatic carbocycles. The highest BCUT2D eigenvalue weighted by Crippen LogP contribution is 2.27. The smallest absolute Gasteiger partial charge is 0.106 e. The number of rotatable bonds is 5. The predicted molar refractivity (Wildman–Crippen MR) is 55.3 cm³/mol. The molecule has 0 spiro atoms. The Labute approximate surface area is 86.4 Å². The number of aliphatic hydroxyl groups is 1. The number of aliphatic hydroxyl groups excluding tert-OH is 1. The van der Waals surface area contributed by atoms with Gasteiger partial charge in [0, 0.05) is 13.2 Å². The molecule has 84 valence electrons. The zero-order valence-electron chi connectivity index (χ0n) is 9.29. The summed E-state index contributed by atoms with van der Waals surface area (Å²) in [6.07, 6.45) is 3.68. The molecular formula is C11H22O3. The van der Waals surface area contributed by atoms with E-state index in [9.17, 15) is 5.11 Å². The summed E-state index contributed by atoms with van der Waals surface area (Å²) in [6.45, 7) is 5.91. The van der Waals surface area contributed by atoms with E-state index in [-0.39, 0.29) is 5.60 Å². The topological polar surface area (TPSA) is 38.7 Å². The lowest BCUT2D eigenvalue weighted by molar-refractivity contribution is -0.154. The molecule has 1 aliphatic heterocycles. The van der Waals surface area contributed by atoms with E-state index in [0.717, 1.165) is 32.3 Å². The van der Waals surface area contributed by atoms with Crippen molar-refractivity contribution in [3.8, 4) is 0 Å². The third-order valence-electron chi connectivity index (χ3n) is 2.83. The van der Waals surface area contributed by atoms with Crippen molar-refractivity contribution >= 4 is 0 Å². The first-order valence-corrected chi connectivity index (χ1v) is 5.59. The molecule has 1 aliphatic rings. The molecule has 14 heavy (non-hydrogen) atoms. The van der Waals surface area contributed by atoms with E-state index in [2.05, 4.69) is 6.92 Å². The first-order chi connectivity index (χ1) is 6.69. The molecule has 3 heteroatoms. The van der Waals surface area contributed by atoms with Crippen LogP contribution in [0.5, 0.6) is 0 Å². The highest BCUT2D eigenvalue weighted by Gasteiger charge is 2.35. The van der Waals surface area contributed by atoms with Gasteiger partial charge < -0.3 is 14.6 Å². The van der Waals surface area contributed by atoms with E-state index in [4.69, 9.17) is 9.47 Å². The summed E-state index contributed by atoms with van der Waals surface area (Å²) < 4.78 is 11.0. The molecule has 0 aromatic rings. The van der Waals surface area contributed by atoms with Crippen molar-refractivity contribution in [2.24, 2.45) is 0 Å². The second kappa shape index (κ2) is 5.69. The van der Waals surface area contributed by atoms with Crippen LogP contribution >= 0.6 is 0 Å². The molecule has 0 aromatic carbocycles. The van der Waals surface area contributed by atoms with Crippen LogP contribution in [0.1, 0.15) is 39.5 Å². The average Bonchev–Trinajstić information content (AvgIpc) is 2.19. The van der Waals surface area contributed by atoms with Gasteiger partial charge in [0.1, 0.15) is 6.10 Å². The minimum atomic E-state index is -0.491. The maximum Gasteiger partial charge on any atom is 0.106 e. The van der Waals surface area contributed by atoms with Crippen molar-refractivity contribution in [2.45, 2.75) is 51.2 Å². The Morgan fingerprint density at radius 1 is 1.50 bits per heavy atom. The lowest BCUT2D eigenvalue weighted by atomic mass is 9.90. The van der Waals surface area contributed by atoms with E-state index < -0.39 is 6.10 Å². The van der Waals surface area contributed by atoms with Crippen molar-refractivity contribution in [3.05, 3.63) is 0 Å². The van der Waals surface area contributed by atoms with Crippen molar-refractivity contribution in [1.82, 2.24) is 0 Å². The van der Waals surface area contributed by atoms with Crippen molar-refractivity contribution < 1.29 is 14.6 Å². The summed E-state index contributed by atoms with van der Waals surface area (Å²) in [5.74, 6) is 0. The van der Waals surface area contributed by atoms with Gasteiger partial charge in [-0.2, -0.15) is 0 Å². The zero-order chi connectivity index (χ0) is 10.4. The van der Waals surface area contributed by atoms with E-state index >= 15 is 0 Å². The van der Waals surface area contributed by atoms with Gasteiger partial charge in [-0.3, -0.25) is 0 Å². The van der Waals surface area contributed by atoms with Gasteiger partial charge in [0.2, 0.25) is 0 Å². The first kappa shape index (κ1) is 12.0. The van der Waals surface area contributed by atoms with E-state index in [1.165, 1.54) is 0 Å². The fourth-order valence-electron chi connectivity index (χ4n) is 1.73. The molecule has 0 amide bonds. The van der Waals surface area contributed by atoms with Crippen LogP contribution < -0.4 is 0 Å². The van der Waals surface area contributed by atoms with Crippen molar-refractivity contribution in [1.29, 1.82) is 0 Å². The Morgan fingerprint density at radius 3 is 2.86 bits per heavy atom. The monoisotopic (exact) mass is 202 g/mol. The number of ether oxygens (including phenoxy) is 2. The van der Waals surface area contributed by atoms with E-state index in [1.807, 2.05) is 6.92 Å². The molecule has 1 saturated heterocycles. The van der Waals surface area contributed by atoms with Crippen LogP contribution in [0.25, 0.3) is 0 Å². The SMILES string of the molecule is CCCOCC(O)C1(C)CCCCO1. The van der Waals surface area contributed by atoms with Crippen LogP contribution in [-0.2, 0) is 9.47 Å². The van der Waals surface area contributed by atoms with Gasteiger partial charge in [0.15, 0.2) is 0 Å². The predicted octanol–water partition coefficient (Wildman–Crippen LogP) is 1.73. The lowest BCUT2D eigenvalue weighted by Gasteiger charge is -2.37. The van der Waals surface area contributed by atoms with Crippen LogP contribution in [-0.4, -0.2) is 36.6 Å². The number of hydrogen-bond acceptors (Lipinski definition) is 3. The molecule has 0 bridgehead atoms. The van der Waals surface area contributed by atoms with Crippen LogP contribution in [0, 0.1) is 0 Å². The Kier molecular flexibility index (Phi) is 4.85. The Bertz CT molecular complexity index is 153. The quantitative estimate of drug-likeness (QED) is 0.690. The molecule has 1 heterocycles. The third-order valence-corrected chi connectivity index (χ3v) is 2.83. The minimum absolute atomic E-state index is 0.383. The number of hydrogen-bond donors (Lipinski definition) is 1. The fraction of sp³-hybridized carbons (Fsp3) is 1.00. The molecular weight excluding hydrogens is 180 g/mol. The summed E-state index contributed by atoms with van der Waals surface area (Å²) >= 11 is 0. The maximum atomic E-state index is 9.91. The van der Waals surface area contributed by atoms with E-state index in [1.54, 1.807) is 0 Å². The van der Waals surface area contributed by atoms with Gasteiger partial charge in [0.05, 0.1) is 12.2 Å². The van der Waals surface area contributed by atoms with Crippen molar-refractivity contribution in [3.63, 3.8) is 0 Å². The van der Waals surface area contributed by atoms with Crippen LogP contribution in [0.3, 0.4) is 0 Å². The Balaban J connectivity index is 2.29. The summed E-state index contributed by atoms with van der Waals surface area (Å²) in [5.41, 5.74) is -0.383. The largest absolute Gasteiger partial charge is 0.388 e. The highest BCUT2D eigenvalue weighted by atomic mass is 16.5. The molecule has 1 N–H and O–H groups in total. The lowest BCUT2D eigenvalue weighted by Crippen LogP contribution is -2.46. The second-order valence-electron chi connectivity index (χ2n) is 4.21. The van der Waals surface area contributed by atoms with Crippen LogP contribution in [0.2, 0.25) is 0 Å². The molecule has 2 unspecified atom stereocenters. The summed E-state index contributed by atoms with van der Waals surface area (Å²) in [5, 5.41) is 9.91. The maximum absolute atomic E-state index is 9.91. The molecule has 0 saturated carbocycles. The van der Waals surface area contributed by atoms with E-state index in [0.29, 0.717) is 13.2 Å². The second-order valence-corrected chi connectivity index (χ2v) is 4.21. The fourth-order valence-corrected chi connectivity index (χ4v) is 1.73. The standard InChI is InChI=1S/C11H22O3/c1-3-7-13-9-10(12)11(2)6-4-5-8-14-11/h10,12H,3-9H2,1-2H3.